The van der Waals surface area contributed by atoms with Gasteiger partial charge >= 0.3 is 11.9 Å². The van der Waals surface area contributed by atoms with E-state index in [1.807, 2.05) is 13.8 Å². The number of carboxylic acids is 2. The standard InChI is InChI=1S/C49H76N12O13/c1-26(2)20-35(57-42(66)32(51)21-29-12-14-31(62)15-13-29)45(69)55-33(10-7-8-18-50)44(68)56-34(16-17-39(64)65)48(72)61-19-9-11-37(61)46(70)60-40(27(3)4)47(71)58-36(22-30-23-52-25-54-30)43(67)53-24-38(63)59-41(28(5)6)49(73)74/h12-15,23,25-28,32-37,40-41,62H,7-11,16-22,24,50-51H2,1-6H3,(H,52,54)(H,53,67)(H,55,69)(H,56,68)(H,57,66)(H,58,71)(H,59,63)(H,60,70)(H,64,65)(H,73,74)/t32-,33-,34-,35-,36-,37-,40-,41-/m0/s1. The highest BCUT2D eigenvalue weighted by atomic mass is 16.4. The number of nitrogens with one attached hydrogen (secondary N) is 8. The number of H-pyrrole nitrogens is 1. The number of rotatable bonds is 31. The number of aromatic nitrogens is 2. The van der Waals surface area contributed by atoms with Crippen molar-refractivity contribution in [2.75, 3.05) is 19.6 Å². The number of aromatic hydroxyl groups is 1. The van der Waals surface area contributed by atoms with Gasteiger partial charge in [-0.3, -0.25) is 43.2 Å². The summed E-state index contributed by atoms with van der Waals surface area (Å²) >= 11 is 0. The average Bonchev–Trinajstić information content (AvgIpc) is 4.05. The summed E-state index contributed by atoms with van der Waals surface area (Å²) in [7, 11) is 0. The fourth-order valence-electron chi connectivity index (χ4n) is 8.20. The van der Waals surface area contributed by atoms with Gasteiger partial charge < -0.3 is 73.9 Å². The van der Waals surface area contributed by atoms with Crippen LogP contribution in [0.25, 0.3) is 0 Å². The number of hydrogen-bond acceptors (Lipinski definition) is 14. The molecule has 74 heavy (non-hydrogen) atoms. The largest absolute Gasteiger partial charge is 0.508 e. The van der Waals surface area contributed by atoms with Gasteiger partial charge in [-0.1, -0.05) is 53.7 Å². The number of phenolic OH excluding ortho intramolecular Hbond substituents is 1. The number of nitrogens with zero attached hydrogens (tertiary/aromatic N) is 2. The van der Waals surface area contributed by atoms with Crippen LogP contribution >= 0.6 is 0 Å². The average molecular weight is 1040 g/mol. The molecule has 2 aromatic rings. The predicted octanol–water partition coefficient (Wildman–Crippen LogP) is -1.32. The van der Waals surface area contributed by atoms with Gasteiger partial charge in [0.25, 0.3) is 0 Å². The van der Waals surface area contributed by atoms with Crippen molar-refractivity contribution in [3.63, 3.8) is 0 Å². The molecule has 0 saturated carbocycles. The molecule has 0 radical (unpaired) electrons. The number of phenols is 1. The van der Waals surface area contributed by atoms with E-state index < -0.39 is 139 Å². The summed E-state index contributed by atoms with van der Waals surface area (Å²) in [4.78, 5) is 141. The van der Waals surface area contributed by atoms with E-state index >= 15 is 0 Å². The lowest BCUT2D eigenvalue weighted by Gasteiger charge is -2.31. The topological polar surface area (TPSA) is 400 Å². The van der Waals surface area contributed by atoms with Crippen LogP contribution in [0.2, 0.25) is 0 Å². The highest BCUT2D eigenvalue weighted by Crippen LogP contribution is 2.21. The molecule has 8 amide bonds. The maximum Gasteiger partial charge on any atom is 0.326 e. The Morgan fingerprint density at radius 1 is 0.730 bits per heavy atom. The molecule has 0 aliphatic carbocycles. The molecule has 25 nitrogen and oxygen atoms in total. The summed E-state index contributed by atoms with van der Waals surface area (Å²) in [5, 5.41) is 46.8. The SMILES string of the molecule is CC(C)C[C@H](NC(=O)[C@@H](N)Cc1ccc(O)cc1)C(=O)N[C@@H](CCCCN)C(=O)N[C@@H](CCC(=O)O)C(=O)N1CCC[C@H]1C(=O)N[C@H](C(=O)N[C@@H](Cc1cnc[nH]1)C(=O)NCC(=O)N[C@H](C(=O)O)C(C)C)C(C)C. The second-order valence-electron chi connectivity index (χ2n) is 19.6. The molecular weight excluding hydrogens is 965 g/mol. The third-order valence-corrected chi connectivity index (χ3v) is 12.3. The predicted molar refractivity (Wildman–Crippen MR) is 268 cm³/mol. The summed E-state index contributed by atoms with van der Waals surface area (Å²) in [6.45, 7) is 9.82. The normalized spacial score (nSPS) is 16.2. The molecule has 1 aliphatic rings. The lowest BCUT2D eigenvalue weighted by molar-refractivity contribution is -0.144. The fraction of sp³-hybridized carbons (Fsp3) is 0.612. The van der Waals surface area contributed by atoms with Crippen molar-refractivity contribution in [3.05, 3.63) is 48.0 Å². The quantitative estimate of drug-likeness (QED) is 0.0390. The number of nitrogens with two attached hydrogens (primary N) is 2. The number of aliphatic carboxylic acids is 2. The molecule has 2 heterocycles. The van der Waals surface area contributed by atoms with Crippen LogP contribution in [0.15, 0.2) is 36.8 Å². The van der Waals surface area contributed by atoms with Crippen molar-refractivity contribution in [2.24, 2.45) is 29.2 Å². The fourth-order valence-corrected chi connectivity index (χ4v) is 8.20. The highest BCUT2D eigenvalue weighted by Gasteiger charge is 2.41. The highest BCUT2D eigenvalue weighted by molar-refractivity contribution is 5.98. The Kier molecular flexibility index (Phi) is 24.9. The Morgan fingerprint density at radius 2 is 1.35 bits per heavy atom. The molecule has 15 N–H and O–H groups in total. The van der Waals surface area contributed by atoms with Crippen LogP contribution in [0.1, 0.15) is 104 Å². The zero-order valence-electron chi connectivity index (χ0n) is 43.0. The first-order chi connectivity index (χ1) is 34.9. The first-order valence-electron chi connectivity index (χ1n) is 25.0. The minimum absolute atomic E-state index is 0.0292. The Morgan fingerprint density at radius 3 is 1.93 bits per heavy atom. The number of benzene rings is 1. The Labute approximate surface area is 430 Å². The molecule has 410 valence electrons. The molecule has 8 atom stereocenters. The molecule has 25 heteroatoms. The van der Waals surface area contributed by atoms with Crippen molar-refractivity contribution in [2.45, 2.75) is 154 Å². The summed E-state index contributed by atoms with van der Waals surface area (Å²) in [6.07, 6.45) is 3.29. The van der Waals surface area contributed by atoms with E-state index in [0.29, 0.717) is 30.5 Å². The van der Waals surface area contributed by atoms with Gasteiger partial charge in [-0.2, -0.15) is 0 Å². The van der Waals surface area contributed by atoms with Crippen LogP contribution in [-0.2, 0) is 60.8 Å². The van der Waals surface area contributed by atoms with Gasteiger partial charge in [-0.15, -0.1) is 0 Å². The molecule has 0 spiro atoms. The molecule has 1 aromatic heterocycles. The summed E-state index contributed by atoms with van der Waals surface area (Å²) in [5.41, 5.74) is 13.0. The molecular formula is C49H76N12O13. The number of carboxylic acid groups (broad SMARTS) is 2. The van der Waals surface area contributed by atoms with E-state index in [1.165, 1.54) is 29.6 Å². The Bertz CT molecular complexity index is 2220. The minimum Gasteiger partial charge on any atom is -0.508 e. The number of likely N-dealkylation sites (tertiary alicyclic amines) is 1. The maximum absolute atomic E-state index is 14.4. The van der Waals surface area contributed by atoms with E-state index in [0.717, 1.165) is 0 Å². The van der Waals surface area contributed by atoms with Crippen molar-refractivity contribution in [1.29, 1.82) is 0 Å². The zero-order chi connectivity index (χ0) is 55.2. The summed E-state index contributed by atoms with van der Waals surface area (Å²) in [5.74, 6) is -9.73. The van der Waals surface area contributed by atoms with E-state index in [-0.39, 0.29) is 56.9 Å². The second-order valence-corrected chi connectivity index (χ2v) is 19.6. The molecule has 1 aromatic carbocycles. The number of carbonyl (C=O) groups is 10. The molecule has 1 aliphatic heterocycles. The summed E-state index contributed by atoms with van der Waals surface area (Å²) in [6, 6.07) is -3.82. The van der Waals surface area contributed by atoms with Gasteiger partial charge in [-0.05, 0) is 93.4 Å². The van der Waals surface area contributed by atoms with E-state index in [4.69, 9.17) is 11.5 Å². The second kappa shape index (κ2) is 30.1. The molecule has 3 rings (SSSR count). The van der Waals surface area contributed by atoms with Crippen molar-refractivity contribution in [3.8, 4) is 5.75 Å². The van der Waals surface area contributed by atoms with Crippen LogP contribution in [0.5, 0.6) is 5.75 Å². The van der Waals surface area contributed by atoms with Gasteiger partial charge in [0.2, 0.25) is 47.3 Å². The van der Waals surface area contributed by atoms with Gasteiger partial charge in [0, 0.05) is 31.3 Å². The number of hydrogen-bond donors (Lipinski definition) is 13. The number of carbonyl (C=O) groups excluding carboxylic acids is 8. The van der Waals surface area contributed by atoms with Crippen molar-refractivity contribution >= 4 is 59.2 Å². The lowest BCUT2D eigenvalue weighted by Crippen LogP contribution is -2.60. The van der Waals surface area contributed by atoms with Gasteiger partial charge in [-0.25, -0.2) is 9.78 Å². The van der Waals surface area contributed by atoms with Gasteiger partial charge in [0.05, 0.1) is 18.9 Å². The van der Waals surface area contributed by atoms with Crippen molar-refractivity contribution < 1.29 is 63.3 Å². The number of imidazole rings is 1. The van der Waals surface area contributed by atoms with Crippen LogP contribution in [0.4, 0.5) is 0 Å². The number of amides is 8. The van der Waals surface area contributed by atoms with Crippen LogP contribution < -0.4 is 48.7 Å². The maximum atomic E-state index is 14.4. The van der Waals surface area contributed by atoms with Crippen molar-refractivity contribution in [1.82, 2.24) is 52.1 Å². The third kappa shape index (κ3) is 20.0. The van der Waals surface area contributed by atoms with Gasteiger partial charge in [0.1, 0.15) is 48.0 Å². The first kappa shape index (κ1) is 61.2. The van der Waals surface area contributed by atoms with E-state index in [1.54, 1.807) is 39.8 Å². The summed E-state index contributed by atoms with van der Waals surface area (Å²) < 4.78 is 0. The van der Waals surface area contributed by atoms with E-state index in [2.05, 4.69) is 47.2 Å². The molecule has 1 fully saturated rings. The van der Waals surface area contributed by atoms with Crippen LogP contribution in [-0.4, -0.2) is 157 Å². The molecule has 0 unspecified atom stereocenters. The van der Waals surface area contributed by atoms with Crippen LogP contribution in [0.3, 0.4) is 0 Å². The lowest BCUT2D eigenvalue weighted by atomic mass is 10.00. The van der Waals surface area contributed by atoms with Crippen LogP contribution in [0, 0.1) is 17.8 Å². The first-order valence-corrected chi connectivity index (χ1v) is 25.0. The molecule has 1 saturated heterocycles. The Hall–Kier alpha value is -7.15. The van der Waals surface area contributed by atoms with E-state index in [9.17, 15) is 63.3 Å². The number of aromatic amines is 1. The third-order valence-electron chi connectivity index (χ3n) is 12.3. The zero-order valence-corrected chi connectivity index (χ0v) is 43.0. The van der Waals surface area contributed by atoms with Gasteiger partial charge in [0.15, 0.2) is 0 Å². The Balaban J connectivity index is 1.80. The molecule has 0 bridgehead atoms. The monoisotopic (exact) mass is 1040 g/mol. The number of unbranched alkanes of at least 4 members (excludes halogenated alkanes) is 1. The smallest absolute Gasteiger partial charge is 0.326 e. The minimum atomic E-state index is -1.49.